The van der Waals surface area contributed by atoms with Crippen molar-refractivity contribution in [3.63, 3.8) is 0 Å². The highest BCUT2D eigenvalue weighted by Crippen LogP contribution is 2.35. The van der Waals surface area contributed by atoms with Crippen LogP contribution >= 0.6 is 0 Å². The summed E-state index contributed by atoms with van der Waals surface area (Å²) < 4.78 is 2.13. The van der Waals surface area contributed by atoms with Gasteiger partial charge in [-0.3, -0.25) is 4.79 Å². The van der Waals surface area contributed by atoms with E-state index in [2.05, 4.69) is 39.8 Å². The average Bonchev–Trinajstić information content (AvgIpc) is 3.06. The molecule has 3 fully saturated rings. The fourth-order valence-corrected chi connectivity index (χ4v) is 4.81. The lowest BCUT2D eigenvalue weighted by Crippen LogP contribution is -2.51. The van der Waals surface area contributed by atoms with Gasteiger partial charge in [-0.15, -0.1) is 0 Å². The molecule has 6 rings (SSSR count). The number of carbonyl (C=O) groups excluding carboxylic acids is 1. The molecule has 0 N–H and O–H groups in total. The van der Waals surface area contributed by atoms with Crippen LogP contribution in [0.25, 0.3) is 11.0 Å². The zero-order valence-electron chi connectivity index (χ0n) is 15.6. The monoisotopic (exact) mass is 359 g/mol. The highest BCUT2D eigenvalue weighted by molar-refractivity contribution is 5.81. The van der Waals surface area contributed by atoms with Crippen molar-refractivity contribution in [1.82, 2.24) is 14.5 Å². The van der Waals surface area contributed by atoms with Gasteiger partial charge in [-0.2, -0.15) is 0 Å². The Kier molecular flexibility index (Phi) is 4.19. The molecule has 0 unspecified atom stereocenters. The first kappa shape index (κ1) is 16.5. The third kappa shape index (κ3) is 3.14. The molecule has 2 aliphatic heterocycles. The van der Waals surface area contributed by atoms with Crippen LogP contribution in [0.5, 0.6) is 0 Å². The minimum atomic E-state index is 0.252. The van der Waals surface area contributed by atoms with Gasteiger partial charge in [-0.25, -0.2) is 4.98 Å². The van der Waals surface area contributed by atoms with Gasteiger partial charge in [0, 0.05) is 19.0 Å². The van der Waals surface area contributed by atoms with Crippen molar-refractivity contribution >= 4 is 16.9 Å². The maximum absolute atomic E-state index is 13.2. The molecule has 3 aliphatic rings. The van der Waals surface area contributed by atoms with Crippen molar-refractivity contribution in [2.45, 2.75) is 44.7 Å². The fraction of sp³-hybridized carbons (Fsp3) is 0.391. The number of hydrogen-bond acceptors (Lipinski definition) is 2. The van der Waals surface area contributed by atoms with Crippen molar-refractivity contribution < 1.29 is 4.79 Å². The third-order valence-corrected chi connectivity index (χ3v) is 6.26. The SMILES string of the molecule is O=C(Cn1c(Cc2ccccc2)nc2ccccc21)N1CC2CCC1CC2. The first-order chi connectivity index (χ1) is 13.3. The molecule has 2 saturated heterocycles. The highest BCUT2D eigenvalue weighted by Gasteiger charge is 2.36. The van der Waals surface area contributed by atoms with E-state index in [0.29, 0.717) is 18.5 Å². The van der Waals surface area contributed by atoms with Crippen molar-refractivity contribution in [1.29, 1.82) is 0 Å². The molecule has 2 aromatic carbocycles. The average molecular weight is 359 g/mol. The lowest BCUT2D eigenvalue weighted by atomic mass is 9.80. The molecule has 1 aromatic heterocycles. The van der Waals surface area contributed by atoms with Gasteiger partial charge in [-0.1, -0.05) is 42.5 Å². The smallest absolute Gasteiger partial charge is 0.242 e. The summed E-state index contributed by atoms with van der Waals surface area (Å²) >= 11 is 0. The van der Waals surface area contributed by atoms with Crippen LogP contribution < -0.4 is 0 Å². The first-order valence-corrected chi connectivity index (χ1v) is 10.1. The summed E-state index contributed by atoms with van der Waals surface area (Å²) in [6, 6.07) is 19.0. The van der Waals surface area contributed by atoms with Crippen LogP contribution in [0.3, 0.4) is 0 Å². The van der Waals surface area contributed by atoms with Crippen LogP contribution in [0.15, 0.2) is 54.6 Å². The Bertz CT molecular complexity index is 954. The van der Waals surface area contributed by atoms with E-state index >= 15 is 0 Å². The number of aromatic nitrogens is 2. The summed E-state index contributed by atoms with van der Waals surface area (Å²) in [5, 5.41) is 0. The van der Waals surface area contributed by atoms with Gasteiger partial charge < -0.3 is 9.47 Å². The zero-order valence-corrected chi connectivity index (χ0v) is 15.6. The van der Waals surface area contributed by atoms with Gasteiger partial charge in [0.15, 0.2) is 0 Å². The van der Waals surface area contributed by atoms with Crippen molar-refractivity contribution in [2.75, 3.05) is 6.54 Å². The molecule has 0 atom stereocenters. The topological polar surface area (TPSA) is 38.1 Å². The van der Waals surface area contributed by atoms with E-state index in [9.17, 15) is 4.79 Å². The molecule has 3 aromatic rings. The van der Waals surface area contributed by atoms with Gasteiger partial charge in [0.25, 0.3) is 0 Å². The number of nitrogens with zero attached hydrogens (tertiary/aromatic N) is 3. The summed E-state index contributed by atoms with van der Waals surface area (Å²) in [5.74, 6) is 1.93. The molecule has 1 amide bonds. The lowest BCUT2D eigenvalue weighted by Gasteiger charge is -2.45. The summed E-state index contributed by atoms with van der Waals surface area (Å²) in [6.07, 6.45) is 5.69. The number of benzene rings is 2. The molecule has 138 valence electrons. The van der Waals surface area contributed by atoms with Crippen LogP contribution in [-0.2, 0) is 17.8 Å². The molecule has 0 radical (unpaired) electrons. The van der Waals surface area contributed by atoms with Crippen LogP contribution in [0, 0.1) is 5.92 Å². The maximum atomic E-state index is 13.2. The van der Waals surface area contributed by atoms with Crippen LogP contribution in [0.2, 0.25) is 0 Å². The number of hydrogen-bond donors (Lipinski definition) is 0. The first-order valence-electron chi connectivity index (χ1n) is 10.1. The summed E-state index contributed by atoms with van der Waals surface area (Å²) in [7, 11) is 0. The second-order valence-corrected chi connectivity index (χ2v) is 7.99. The van der Waals surface area contributed by atoms with Gasteiger partial charge in [0.2, 0.25) is 5.91 Å². The predicted molar refractivity (Wildman–Crippen MR) is 106 cm³/mol. The van der Waals surface area contributed by atoms with E-state index in [-0.39, 0.29) is 5.91 Å². The highest BCUT2D eigenvalue weighted by atomic mass is 16.2. The van der Waals surface area contributed by atoms with E-state index in [1.807, 2.05) is 24.3 Å². The Morgan fingerprint density at radius 3 is 2.44 bits per heavy atom. The Labute approximate surface area is 159 Å². The molecular weight excluding hydrogens is 334 g/mol. The minimum Gasteiger partial charge on any atom is -0.338 e. The second kappa shape index (κ2) is 6.84. The molecule has 1 saturated carbocycles. The van der Waals surface area contributed by atoms with Gasteiger partial charge in [0.05, 0.1) is 11.0 Å². The Morgan fingerprint density at radius 2 is 1.70 bits per heavy atom. The summed E-state index contributed by atoms with van der Waals surface area (Å²) in [5.41, 5.74) is 3.24. The largest absolute Gasteiger partial charge is 0.338 e. The van der Waals surface area contributed by atoms with Gasteiger partial charge in [0.1, 0.15) is 12.4 Å². The number of para-hydroxylation sites is 2. The predicted octanol–water partition coefficient (Wildman–Crippen LogP) is 4.03. The minimum absolute atomic E-state index is 0.252. The summed E-state index contributed by atoms with van der Waals surface area (Å²) in [6.45, 7) is 1.34. The lowest BCUT2D eigenvalue weighted by molar-refractivity contribution is -0.139. The van der Waals surface area contributed by atoms with Crippen LogP contribution in [0.4, 0.5) is 0 Å². The number of carbonyl (C=O) groups is 1. The molecule has 27 heavy (non-hydrogen) atoms. The Balaban J connectivity index is 1.46. The normalized spacial score (nSPS) is 21.7. The van der Waals surface area contributed by atoms with Crippen molar-refractivity contribution in [3.05, 3.63) is 66.0 Å². The van der Waals surface area contributed by atoms with Crippen LogP contribution in [-0.4, -0.2) is 32.9 Å². The summed E-state index contributed by atoms with van der Waals surface area (Å²) in [4.78, 5) is 20.2. The second-order valence-electron chi connectivity index (χ2n) is 7.99. The van der Waals surface area contributed by atoms with Gasteiger partial charge >= 0.3 is 0 Å². The Morgan fingerprint density at radius 1 is 0.963 bits per heavy atom. The molecule has 4 nitrogen and oxygen atoms in total. The fourth-order valence-electron chi connectivity index (χ4n) is 4.81. The van der Waals surface area contributed by atoms with Crippen LogP contribution in [0.1, 0.15) is 37.1 Å². The maximum Gasteiger partial charge on any atom is 0.242 e. The number of piperidine rings is 2. The quantitative estimate of drug-likeness (QED) is 0.705. The number of rotatable bonds is 4. The number of fused-ring (bicyclic) bond motifs is 4. The van der Waals surface area contributed by atoms with Gasteiger partial charge in [-0.05, 0) is 49.3 Å². The van der Waals surface area contributed by atoms with E-state index in [0.717, 1.165) is 29.8 Å². The van der Waals surface area contributed by atoms with Crippen molar-refractivity contribution in [2.24, 2.45) is 5.92 Å². The van der Waals surface area contributed by atoms with E-state index in [1.165, 1.54) is 31.2 Å². The van der Waals surface area contributed by atoms with E-state index in [1.54, 1.807) is 0 Å². The molecular formula is C23H25N3O. The number of amides is 1. The molecule has 4 heteroatoms. The molecule has 1 aliphatic carbocycles. The van der Waals surface area contributed by atoms with Crippen molar-refractivity contribution in [3.8, 4) is 0 Å². The van der Waals surface area contributed by atoms with E-state index < -0.39 is 0 Å². The zero-order chi connectivity index (χ0) is 18.2. The van der Waals surface area contributed by atoms with E-state index in [4.69, 9.17) is 4.98 Å². The Hall–Kier alpha value is -2.62. The third-order valence-electron chi connectivity index (χ3n) is 6.26. The molecule has 2 bridgehead atoms. The molecule has 3 heterocycles. The molecule has 0 spiro atoms. The standard InChI is InChI=1S/C23H25N3O/c27-23(25-15-18-10-12-19(25)13-11-18)16-26-21-9-5-4-8-20(21)24-22(26)14-17-6-2-1-3-7-17/h1-9,18-19H,10-16H2. The number of imidazole rings is 1.